The van der Waals surface area contributed by atoms with Gasteiger partial charge in [0.05, 0.1) is 12.2 Å². The molecule has 0 saturated heterocycles. The summed E-state index contributed by atoms with van der Waals surface area (Å²) in [5.41, 5.74) is 0.562. The summed E-state index contributed by atoms with van der Waals surface area (Å²) < 4.78 is 14.5. The highest BCUT2D eigenvalue weighted by molar-refractivity contribution is 9.10. The molecule has 0 fully saturated rings. The fourth-order valence-electron chi connectivity index (χ4n) is 2.03. The molecule has 102 valence electrons. The lowest BCUT2D eigenvalue weighted by molar-refractivity contribution is 0.00622. The number of benzene rings is 1. The average Bonchev–Trinajstić information content (AvgIpc) is 2.32. The Bertz CT molecular complexity index is 384. The van der Waals surface area contributed by atoms with Gasteiger partial charge in [-0.2, -0.15) is 0 Å². The summed E-state index contributed by atoms with van der Waals surface area (Å²) in [6, 6.07) is 4.78. The highest BCUT2D eigenvalue weighted by Gasteiger charge is 2.21. The predicted octanol–water partition coefficient (Wildman–Crippen LogP) is 3.60. The van der Waals surface area contributed by atoms with Crippen LogP contribution in [-0.4, -0.2) is 22.4 Å². The number of rotatable bonds is 6. The minimum absolute atomic E-state index is 0.135. The van der Waals surface area contributed by atoms with Crippen molar-refractivity contribution in [2.45, 2.75) is 51.2 Å². The summed E-state index contributed by atoms with van der Waals surface area (Å²) in [6.45, 7) is 3.81. The molecule has 2 N–H and O–H groups in total. The minimum Gasteiger partial charge on any atom is -0.390 e. The number of aliphatic hydroxyl groups is 2. The highest BCUT2D eigenvalue weighted by atomic mass is 79.9. The number of hydrogen-bond acceptors (Lipinski definition) is 2. The van der Waals surface area contributed by atoms with E-state index in [2.05, 4.69) is 15.9 Å². The van der Waals surface area contributed by atoms with Crippen molar-refractivity contribution in [3.05, 3.63) is 34.1 Å². The first-order chi connectivity index (χ1) is 8.45. The molecule has 0 saturated carbocycles. The smallest absolute Gasteiger partial charge is 0.126 e. The SMILES string of the molecule is CCCC(O)C(O)CC(C)c1cc(Br)ccc1F. The third-order valence-electron chi connectivity index (χ3n) is 3.11. The number of aliphatic hydroxyl groups excluding tert-OH is 2. The number of halogens is 2. The molecule has 1 aromatic rings. The molecule has 1 rings (SSSR count). The Hall–Kier alpha value is -0.450. The molecule has 0 radical (unpaired) electrons. The first-order valence-corrected chi connectivity index (χ1v) is 7.06. The maximum Gasteiger partial charge on any atom is 0.126 e. The molecule has 0 aliphatic heterocycles. The predicted molar refractivity (Wildman–Crippen MR) is 74.1 cm³/mol. The topological polar surface area (TPSA) is 40.5 Å². The maximum absolute atomic E-state index is 13.7. The van der Waals surface area contributed by atoms with E-state index in [9.17, 15) is 14.6 Å². The van der Waals surface area contributed by atoms with Crippen molar-refractivity contribution >= 4 is 15.9 Å². The van der Waals surface area contributed by atoms with E-state index in [1.165, 1.54) is 6.07 Å². The van der Waals surface area contributed by atoms with E-state index < -0.39 is 12.2 Å². The van der Waals surface area contributed by atoms with Gasteiger partial charge in [0.1, 0.15) is 5.82 Å². The van der Waals surface area contributed by atoms with E-state index in [1.54, 1.807) is 12.1 Å². The molecular formula is C14H20BrFO2. The molecule has 0 spiro atoms. The van der Waals surface area contributed by atoms with Gasteiger partial charge in [-0.05, 0) is 42.5 Å². The third-order valence-corrected chi connectivity index (χ3v) is 3.61. The van der Waals surface area contributed by atoms with E-state index in [-0.39, 0.29) is 11.7 Å². The lowest BCUT2D eigenvalue weighted by Crippen LogP contribution is -2.27. The van der Waals surface area contributed by atoms with Crippen LogP contribution in [0.2, 0.25) is 0 Å². The lowest BCUT2D eigenvalue weighted by atomic mass is 9.92. The Morgan fingerprint density at radius 3 is 2.56 bits per heavy atom. The van der Waals surface area contributed by atoms with Crippen LogP contribution in [-0.2, 0) is 0 Å². The normalized spacial score (nSPS) is 16.3. The van der Waals surface area contributed by atoms with Crippen LogP contribution in [0.1, 0.15) is 44.6 Å². The summed E-state index contributed by atoms with van der Waals surface area (Å²) in [6.07, 6.45) is 0.201. The van der Waals surface area contributed by atoms with Gasteiger partial charge in [-0.1, -0.05) is 36.2 Å². The first kappa shape index (κ1) is 15.6. The summed E-state index contributed by atoms with van der Waals surface area (Å²) >= 11 is 3.31. The van der Waals surface area contributed by atoms with Crippen LogP contribution in [0.4, 0.5) is 4.39 Å². The number of hydrogen-bond donors (Lipinski definition) is 2. The van der Waals surface area contributed by atoms with Crippen LogP contribution < -0.4 is 0 Å². The minimum atomic E-state index is -0.807. The van der Waals surface area contributed by atoms with Crippen molar-refractivity contribution in [1.29, 1.82) is 0 Å². The molecule has 0 aliphatic carbocycles. The second-order valence-corrected chi connectivity index (χ2v) is 5.64. The average molecular weight is 319 g/mol. The van der Waals surface area contributed by atoms with Gasteiger partial charge in [0.25, 0.3) is 0 Å². The van der Waals surface area contributed by atoms with Crippen molar-refractivity contribution in [2.24, 2.45) is 0 Å². The Labute approximate surface area is 116 Å². The van der Waals surface area contributed by atoms with Gasteiger partial charge in [0, 0.05) is 4.47 Å². The van der Waals surface area contributed by atoms with Crippen LogP contribution >= 0.6 is 15.9 Å². The van der Waals surface area contributed by atoms with Crippen LogP contribution in [0.25, 0.3) is 0 Å². The molecule has 2 nitrogen and oxygen atoms in total. The van der Waals surface area contributed by atoms with Crippen LogP contribution in [0.5, 0.6) is 0 Å². The third kappa shape index (κ3) is 4.34. The zero-order valence-electron chi connectivity index (χ0n) is 10.7. The van der Waals surface area contributed by atoms with Gasteiger partial charge in [-0.3, -0.25) is 0 Å². The fourth-order valence-corrected chi connectivity index (χ4v) is 2.41. The highest BCUT2D eigenvalue weighted by Crippen LogP contribution is 2.27. The molecule has 3 atom stereocenters. The molecule has 1 aromatic carbocycles. The second kappa shape index (κ2) is 7.22. The molecule has 0 bridgehead atoms. The monoisotopic (exact) mass is 318 g/mol. The molecule has 4 heteroatoms. The second-order valence-electron chi connectivity index (χ2n) is 4.73. The molecular weight excluding hydrogens is 299 g/mol. The van der Waals surface area contributed by atoms with Gasteiger partial charge in [0.2, 0.25) is 0 Å². The van der Waals surface area contributed by atoms with Crippen LogP contribution in [0.3, 0.4) is 0 Å². The van der Waals surface area contributed by atoms with Gasteiger partial charge < -0.3 is 10.2 Å². The van der Waals surface area contributed by atoms with E-state index >= 15 is 0 Å². The summed E-state index contributed by atoms with van der Waals surface area (Å²) in [5, 5.41) is 19.5. The van der Waals surface area contributed by atoms with Crippen LogP contribution in [0, 0.1) is 5.82 Å². The van der Waals surface area contributed by atoms with Crippen molar-refractivity contribution in [3.63, 3.8) is 0 Å². The summed E-state index contributed by atoms with van der Waals surface area (Å²) in [4.78, 5) is 0. The lowest BCUT2D eigenvalue weighted by Gasteiger charge is -2.21. The molecule has 0 heterocycles. The first-order valence-electron chi connectivity index (χ1n) is 6.26. The Kier molecular flexibility index (Phi) is 6.26. The Balaban J connectivity index is 2.69. The van der Waals surface area contributed by atoms with Gasteiger partial charge in [-0.25, -0.2) is 4.39 Å². The Morgan fingerprint density at radius 2 is 1.94 bits per heavy atom. The molecule has 3 unspecified atom stereocenters. The molecule has 0 aromatic heterocycles. The van der Waals surface area contributed by atoms with Gasteiger partial charge in [-0.15, -0.1) is 0 Å². The van der Waals surface area contributed by atoms with Gasteiger partial charge in [0.15, 0.2) is 0 Å². The standard InChI is InChI=1S/C14H20BrFO2/c1-3-4-13(17)14(18)7-9(2)11-8-10(15)5-6-12(11)16/h5-6,8-9,13-14,17-18H,3-4,7H2,1-2H3. The Morgan fingerprint density at radius 1 is 1.28 bits per heavy atom. The largest absolute Gasteiger partial charge is 0.390 e. The van der Waals surface area contributed by atoms with Crippen LogP contribution in [0.15, 0.2) is 22.7 Å². The summed E-state index contributed by atoms with van der Waals surface area (Å²) in [7, 11) is 0. The van der Waals surface area contributed by atoms with Crippen molar-refractivity contribution in [3.8, 4) is 0 Å². The molecule has 0 aliphatic rings. The van der Waals surface area contributed by atoms with Crippen molar-refractivity contribution in [2.75, 3.05) is 0 Å². The fraction of sp³-hybridized carbons (Fsp3) is 0.571. The zero-order valence-corrected chi connectivity index (χ0v) is 12.3. The quantitative estimate of drug-likeness (QED) is 0.841. The van der Waals surface area contributed by atoms with E-state index in [4.69, 9.17) is 0 Å². The van der Waals surface area contributed by atoms with E-state index in [1.807, 2.05) is 13.8 Å². The molecule has 0 amide bonds. The molecule has 18 heavy (non-hydrogen) atoms. The van der Waals surface area contributed by atoms with Gasteiger partial charge >= 0.3 is 0 Å². The zero-order chi connectivity index (χ0) is 13.7. The van der Waals surface area contributed by atoms with Crippen molar-refractivity contribution in [1.82, 2.24) is 0 Å². The summed E-state index contributed by atoms with van der Waals surface area (Å²) in [5.74, 6) is -0.410. The van der Waals surface area contributed by atoms with E-state index in [0.717, 1.165) is 10.9 Å². The van der Waals surface area contributed by atoms with E-state index in [0.29, 0.717) is 18.4 Å². The van der Waals surface area contributed by atoms with Crippen molar-refractivity contribution < 1.29 is 14.6 Å². The maximum atomic E-state index is 13.7.